The van der Waals surface area contributed by atoms with Crippen molar-refractivity contribution < 1.29 is 4.79 Å². The van der Waals surface area contributed by atoms with E-state index in [0.717, 1.165) is 17.2 Å². The van der Waals surface area contributed by atoms with Crippen LogP contribution in [0.5, 0.6) is 0 Å². The van der Waals surface area contributed by atoms with E-state index in [9.17, 15) is 4.79 Å². The lowest BCUT2D eigenvalue weighted by atomic mass is 10.2. The molecule has 0 radical (unpaired) electrons. The van der Waals surface area contributed by atoms with E-state index < -0.39 is 0 Å². The van der Waals surface area contributed by atoms with Gasteiger partial charge in [-0.3, -0.25) is 9.78 Å². The van der Waals surface area contributed by atoms with E-state index in [1.54, 1.807) is 11.8 Å². The van der Waals surface area contributed by atoms with Crippen molar-refractivity contribution in [2.75, 3.05) is 5.75 Å². The molecule has 1 aromatic heterocycles. The number of aromatic nitrogens is 1. The van der Waals surface area contributed by atoms with Gasteiger partial charge in [0, 0.05) is 23.7 Å². The zero-order chi connectivity index (χ0) is 11.4. The summed E-state index contributed by atoms with van der Waals surface area (Å²) in [4.78, 5) is 16.8. The first kappa shape index (κ1) is 11.6. The summed E-state index contributed by atoms with van der Waals surface area (Å²) in [5, 5.41) is 0. The van der Waals surface area contributed by atoms with E-state index in [1.807, 2.05) is 19.3 Å². The van der Waals surface area contributed by atoms with Crippen molar-refractivity contribution in [3.8, 4) is 0 Å². The number of nitrogens with zero attached hydrogens (tertiary/aromatic N) is 1. The maximum absolute atomic E-state index is 11.4. The summed E-state index contributed by atoms with van der Waals surface area (Å²) in [6.45, 7) is 2.04. The Balaban J connectivity index is 1.88. The van der Waals surface area contributed by atoms with Crippen molar-refractivity contribution in [3.05, 3.63) is 24.0 Å². The fourth-order valence-electron chi connectivity index (χ4n) is 1.67. The molecule has 0 aromatic carbocycles. The van der Waals surface area contributed by atoms with Crippen molar-refractivity contribution in [3.63, 3.8) is 0 Å². The van der Waals surface area contributed by atoms with Crippen LogP contribution in [0.1, 0.15) is 44.1 Å². The van der Waals surface area contributed by atoms with E-state index in [4.69, 9.17) is 0 Å². The first-order valence-corrected chi connectivity index (χ1v) is 6.87. The number of hydrogen-bond acceptors (Lipinski definition) is 3. The molecule has 16 heavy (non-hydrogen) atoms. The Kier molecular flexibility index (Phi) is 3.99. The number of hydrogen-bond donors (Lipinski definition) is 0. The van der Waals surface area contributed by atoms with Crippen LogP contribution in [0.4, 0.5) is 0 Å². The molecule has 2 nitrogen and oxygen atoms in total. The molecule has 2 rings (SSSR count). The average molecular weight is 235 g/mol. The summed E-state index contributed by atoms with van der Waals surface area (Å²) in [5.74, 6) is 1.66. The number of carbonyl (C=O) groups is 1. The molecule has 1 aliphatic rings. The second-order valence-corrected chi connectivity index (χ2v) is 5.35. The van der Waals surface area contributed by atoms with Crippen LogP contribution >= 0.6 is 11.8 Å². The van der Waals surface area contributed by atoms with Gasteiger partial charge in [0.25, 0.3) is 0 Å². The van der Waals surface area contributed by atoms with Gasteiger partial charge < -0.3 is 0 Å². The van der Waals surface area contributed by atoms with Crippen molar-refractivity contribution in [1.82, 2.24) is 4.98 Å². The Bertz CT molecular complexity index is 374. The first-order valence-electron chi connectivity index (χ1n) is 5.89. The fraction of sp³-hybridized carbons (Fsp3) is 0.538. The van der Waals surface area contributed by atoms with Crippen molar-refractivity contribution in [1.29, 1.82) is 0 Å². The maximum atomic E-state index is 11.4. The minimum Gasteiger partial charge on any atom is -0.299 e. The predicted octanol–water partition coefficient (Wildman–Crippen LogP) is 3.42. The van der Waals surface area contributed by atoms with Gasteiger partial charge >= 0.3 is 0 Å². The molecule has 1 aliphatic carbocycles. The Morgan fingerprint density at radius 2 is 2.31 bits per heavy atom. The lowest BCUT2D eigenvalue weighted by Gasteiger charge is -2.02. The van der Waals surface area contributed by atoms with Gasteiger partial charge in [-0.25, -0.2) is 0 Å². The van der Waals surface area contributed by atoms with Crippen LogP contribution in [0.15, 0.2) is 23.4 Å². The van der Waals surface area contributed by atoms with Crippen LogP contribution in [0, 0.1) is 0 Å². The van der Waals surface area contributed by atoms with Crippen molar-refractivity contribution >= 4 is 17.5 Å². The van der Waals surface area contributed by atoms with Crippen LogP contribution in [-0.4, -0.2) is 16.5 Å². The normalized spacial score (nSPS) is 15.1. The zero-order valence-corrected chi connectivity index (χ0v) is 10.4. The Morgan fingerprint density at radius 1 is 1.50 bits per heavy atom. The second-order valence-electron chi connectivity index (χ2n) is 4.31. The Labute approximate surface area is 101 Å². The molecule has 0 unspecified atom stereocenters. The van der Waals surface area contributed by atoms with E-state index in [1.165, 1.54) is 18.4 Å². The molecule has 0 N–H and O–H groups in total. The summed E-state index contributed by atoms with van der Waals surface area (Å²) in [7, 11) is 0. The first-order chi connectivity index (χ1) is 7.79. The van der Waals surface area contributed by atoms with Crippen LogP contribution in [0.3, 0.4) is 0 Å². The number of thioether (sulfide) groups is 1. The van der Waals surface area contributed by atoms with Crippen LogP contribution in [0.25, 0.3) is 0 Å². The zero-order valence-electron chi connectivity index (χ0n) is 9.61. The van der Waals surface area contributed by atoms with Crippen LogP contribution in [-0.2, 0) is 4.79 Å². The molecule has 3 heteroatoms. The van der Waals surface area contributed by atoms with E-state index in [2.05, 4.69) is 11.1 Å². The van der Waals surface area contributed by atoms with Gasteiger partial charge in [-0.15, -0.1) is 11.8 Å². The minimum atomic E-state index is 0.337. The molecule has 0 atom stereocenters. The molecule has 1 saturated carbocycles. The van der Waals surface area contributed by atoms with Crippen molar-refractivity contribution in [2.24, 2.45) is 0 Å². The largest absolute Gasteiger partial charge is 0.299 e. The number of pyridine rings is 1. The van der Waals surface area contributed by atoms with Crippen LogP contribution in [0.2, 0.25) is 0 Å². The maximum Gasteiger partial charge on any atom is 0.143 e. The number of ketones is 1. The Hall–Kier alpha value is -0.830. The third-order valence-corrected chi connectivity index (χ3v) is 3.73. The smallest absolute Gasteiger partial charge is 0.143 e. The quantitative estimate of drug-likeness (QED) is 0.708. The topological polar surface area (TPSA) is 30.0 Å². The number of Topliss-reactive ketones (excluding diaryl/α,β-unsaturated/α-hetero) is 1. The average Bonchev–Trinajstić information content (AvgIpc) is 3.11. The Morgan fingerprint density at radius 3 is 3.00 bits per heavy atom. The summed E-state index contributed by atoms with van der Waals surface area (Å²) < 4.78 is 0. The molecule has 0 amide bonds. The predicted molar refractivity (Wildman–Crippen MR) is 66.9 cm³/mol. The highest BCUT2D eigenvalue weighted by Crippen LogP contribution is 2.40. The van der Waals surface area contributed by atoms with Gasteiger partial charge in [0.15, 0.2) is 0 Å². The number of rotatable bonds is 6. The van der Waals surface area contributed by atoms with E-state index >= 15 is 0 Å². The summed E-state index contributed by atoms with van der Waals surface area (Å²) >= 11 is 1.62. The summed E-state index contributed by atoms with van der Waals surface area (Å²) in [5.41, 5.74) is 1.34. The number of carbonyl (C=O) groups excluding carboxylic acids is 1. The lowest BCUT2D eigenvalue weighted by molar-refractivity contribution is -0.116. The third kappa shape index (κ3) is 3.34. The molecule has 1 heterocycles. The lowest BCUT2D eigenvalue weighted by Crippen LogP contribution is -2.00. The molecule has 0 spiro atoms. The van der Waals surface area contributed by atoms with Gasteiger partial charge in [-0.05, 0) is 36.8 Å². The molecule has 0 bridgehead atoms. The fourth-order valence-corrected chi connectivity index (χ4v) is 2.50. The third-order valence-electron chi connectivity index (χ3n) is 2.71. The van der Waals surface area contributed by atoms with Gasteiger partial charge in [0.05, 0.1) is 5.75 Å². The molecule has 1 aromatic rings. The van der Waals surface area contributed by atoms with E-state index in [-0.39, 0.29) is 0 Å². The molecule has 1 fully saturated rings. The van der Waals surface area contributed by atoms with Gasteiger partial charge in [0.1, 0.15) is 5.78 Å². The summed E-state index contributed by atoms with van der Waals surface area (Å²) in [6, 6.07) is 2.19. The standard InChI is InChI=1S/C13H17NOS/c1-2-3-12(15)9-16-13-6-11(7-14-8-13)10-4-5-10/h6-8,10H,2-5,9H2,1H3. The van der Waals surface area contributed by atoms with Gasteiger partial charge in [0.2, 0.25) is 0 Å². The molecular formula is C13H17NOS. The minimum absolute atomic E-state index is 0.337. The molecule has 0 aliphatic heterocycles. The van der Waals surface area contributed by atoms with Crippen molar-refractivity contribution in [2.45, 2.75) is 43.4 Å². The van der Waals surface area contributed by atoms with Gasteiger partial charge in [-0.1, -0.05) is 6.92 Å². The molecule has 86 valence electrons. The molecular weight excluding hydrogens is 218 g/mol. The van der Waals surface area contributed by atoms with E-state index in [0.29, 0.717) is 18.0 Å². The summed E-state index contributed by atoms with van der Waals surface area (Å²) in [6.07, 6.45) is 8.04. The highest BCUT2D eigenvalue weighted by molar-refractivity contribution is 8.00. The second kappa shape index (κ2) is 5.48. The SMILES string of the molecule is CCCC(=O)CSc1cncc(C2CC2)c1. The van der Waals surface area contributed by atoms with Gasteiger partial charge in [-0.2, -0.15) is 0 Å². The highest BCUT2D eigenvalue weighted by atomic mass is 32.2. The highest BCUT2D eigenvalue weighted by Gasteiger charge is 2.23. The molecule has 0 saturated heterocycles. The van der Waals surface area contributed by atoms with Crippen LogP contribution < -0.4 is 0 Å². The monoisotopic (exact) mass is 235 g/mol.